The average molecular weight is 373 g/mol. The molecular formula is C16H15F4N3OS. The Hall–Kier alpha value is -2.16. The van der Waals surface area contributed by atoms with E-state index in [-0.39, 0.29) is 30.0 Å². The number of thiazole rings is 1. The van der Waals surface area contributed by atoms with E-state index in [1.807, 2.05) is 0 Å². The molecule has 1 saturated heterocycles. The highest BCUT2D eigenvalue weighted by Gasteiger charge is 2.30. The summed E-state index contributed by atoms with van der Waals surface area (Å²) in [4.78, 5) is 18.5. The molecule has 1 atom stereocenters. The molecule has 0 radical (unpaired) electrons. The molecule has 0 bridgehead atoms. The maximum Gasteiger partial charge on any atom is 0.416 e. The lowest BCUT2D eigenvalue weighted by molar-refractivity contribution is -0.137. The molecule has 1 aromatic carbocycles. The summed E-state index contributed by atoms with van der Waals surface area (Å²) >= 11 is 1.18. The topological polar surface area (TPSA) is 37.6 Å². The fourth-order valence-corrected chi connectivity index (χ4v) is 3.42. The first-order valence-corrected chi connectivity index (χ1v) is 8.40. The smallest absolute Gasteiger partial charge is 0.320 e. The third-order valence-electron chi connectivity index (χ3n) is 3.81. The number of hydrogen-bond donors (Lipinski definition) is 0. The molecule has 0 saturated carbocycles. The minimum atomic E-state index is -4.46. The van der Waals surface area contributed by atoms with Crippen molar-refractivity contribution in [1.29, 1.82) is 0 Å². The zero-order valence-corrected chi connectivity index (χ0v) is 14.1. The zero-order valence-electron chi connectivity index (χ0n) is 13.3. The van der Waals surface area contributed by atoms with Crippen LogP contribution in [-0.2, 0) is 6.18 Å². The summed E-state index contributed by atoms with van der Waals surface area (Å²) < 4.78 is 53.4. The van der Waals surface area contributed by atoms with Crippen molar-refractivity contribution in [2.45, 2.75) is 25.7 Å². The molecule has 1 fully saturated rings. The van der Waals surface area contributed by atoms with Crippen LogP contribution in [0.1, 0.15) is 16.9 Å². The molecule has 1 aliphatic heterocycles. The van der Waals surface area contributed by atoms with E-state index in [0.717, 1.165) is 17.0 Å². The van der Waals surface area contributed by atoms with Crippen LogP contribution in [0.4, 0.5) is 22.4 Å². The number of hydrogen-bond acceptors (Lipinski definition) is 2. The van der Waals surface area contributed by atoms with Crippen LogP contribution in [0, 0.1) is 6.92 Å². The van der Waals surface area contributed by atoms with Gasteiger partial charge in [0.15, 0.2) is 4.80 Å². The normalized spacial score (nSPS) is 18.8. The molecule has 0 spiro atoms. The van der Waals surface area contributed by atoms with Gasteiger partial charge in [-0.15, -0.1) is 11.3 Å². The third kappa shape index (κ3) is 3.92. The van der Waals surface area contributed by atoms with Crippen LogP contribution < -0.4 is 4.80 Å². The number of rotatable bonds is 1. The number of alkyl halides is 4. The van der Waals surface area contributed by atoms with Crippen LogP contribution in [0.2, 0.25) is 0 Å². The molecule has 1 aromatic heterocycles. The monoisotopic (exact) mass is 373 g/mol. The fourth-order valence-electron chi connectivity index (χ4n) is 2.59. The number of amides is 2. The molecule has 134 valence electrons. The number of nitrogens with zero attached hydrogens (tertiary/aromatic N) is 3. The van der Waals surface area contributed by atoms with E-state index in [4.69, 9.17) is 0 Å². The summed E-state index contributed by atoms with van der Waals surface area (Å²) in [5.74, 6) is 0. The lowest BCUT2D eigenvalue weighted by Crippen LogP contribution is -2.28. The van der Waals surface area contributed by atoms with Crippen molar-refractivity contribution in [3.8, 4) is 5.69 Å². The van der Waals surface area contributed by atoms with E-state index >= 15 is 0 Å². The van der Waals surface area contributed by atoms with Gasteiger partial charge in [0.05, 0.1) is 12.1 Å². The summed E-state index contributed by atoms with van der Waals surface area (Å²) in [6.45, 7) is 2.05. The third-order valence-corrected chi connectivity index (χ3v) is 4.71. The molecule has 1 aliphatic rings. The van der Waals surface area contributed by atoms with Gasteiger partial charge in [0.25, 0.3) is 0 Å². The lowest BCUT2D eigenvalue weighted by Gasteiger charge is -2.11. The number of carbonyl (C=O) groups is 1. The Morgan fingerprint density at radius 1 is 1.36 bits per heavy atom. The van der Waals surface area contributed by atoms with E-state index in [2.05, 4.69) is 4.99 Å². The summed E-state index contributed by atoms with van der Waals surface area (Å²) in [5.41, 5.74) is -0.519. The standard InChI is InChI=1S/C16H15F4N3OS/c1-10-8-23(13-4-2-3-11(7-13)16(18,19)20)15(25-10)21-14(24)22-6-5-12(17)9-22/h2-4,7-8,12H,5-6,9H2,1H3/t12-/m1/s1. The molecular weight excluding hydrogens is 358 g/mol. The summed E-state index contributed by atoms with van der Waals surface area (Å²) in [6, 6.07) is 4.22. The molecule has 2 aromatic rings. The van der Waals surface area contributed by atoms with Gasteiger partial charge < -0.3 is 4.90 Å². The van der Waals surface area contributed by atoms with Crippen LogP contribution in [0.15, 0.2) is 35.5 Å². The first-order valence-electron chi connectivity index (χ1n) is 7.58. The second-order valence-electron chi connectivity index (χ2n) is 5.77. The average Bonchev–Trinajstić information content (AvgIpc) is 3.12. The van der Waals surface area contributed by atoms with E-state index < -0.39 is 23.9 Å². The van der Waals surface area contributed by atoms with Gasteiger partial charge in [-0.25, -0.2) is 9.18 Å². The number of urea groups is 1. The number of benzene rings is 1. The Morgan fingerprint density at radius 3 is 2.76 bits per heavy atom. The minimum Gasteiger partial charge on any atom is -0.320 e. The van der Waals surface area contributed by atoms with E-state index in [9.17, 15) is 22.4 Å². The summed E-state index contributed by atoms with van der Waals surface area (Å²) in [5, 5.41) is 0. The molecule has 9 heteroatoms. The first-order chi connectivity index (χ1) is 11.7. The van der Waals surface area contributed by atoms with E-state index in [1.165, 1.54) is 32.9 Å². The second-order valence-corrected chi connectivity index (χ2v) is 6.98. The van der Waals surface area contributed by atoms with Crippen molar-refractivity contribution in [3.63, 3.8) is 0 Å². The van der Waals surface area contributed by atoms with Gasteiger partial charge in [-0.2, -0.15) is 18.2 Å². The van der Waals surface area contributed by atoms with Gasteiger partial charge in [0.1, 0.15) is 6.17 Å². The molecule has 2 heterocycles. The molecule has 0 aliphatic carbocycles. The second kappa shape index (κ2) is 6.62. The van der Waals surface area contributed by atoms with Crippen LogP contribution in [-0.4, -0.2) is 34.8 Å². The van der Waals surface area contributed by atoms with Gasteiger partial charge in [0, 0.05) is 23.3 Å². The summed E-state index contributed by atoms with van der Waals surface area (Å²) in [6.07, 6.45) is -3.62. The number of halogens is 4. The Morgan fingerprint density at radius 2 is 2.12 bits per heavy atom. The van der Waals surface area contributed by atoms with Crippen LogP contribution in [0.25, 0.3) is 5.69 Å². The molecule has 0 unspecified atom stereocenters. The molecule has 4 nitrogen and oxygen atoms in total. The Bertz CT molecular complexity index is 856. The summed E-state index contributed by atoms with van der Waals surface area (Å²) in [7, 11) is 0. The minimum absolute atomic E-state index is 0.00372. The van der Waals surface area contributed by atoms with Crippen LogP contribution in [0.5, 0.6) is 0 Å². The van der Waals surface area contributed by atoms with Gasteiger partial charge in [-0.05, 0) is 31.5 Å². The predicted octanol–water partition coefficient (Wildman–Crippen LogP) is 3.93. The maximum absolute atomic E-state index is 13.2. The SMILES string of the molecule is Cc1cn(-c2cccc(C(F)(F)F)c2)c(=NC(=O)N2CC[C@@H](F)C2)s1. The van der Waals surface area contributed by atoms with Crippen molar-refractivity contribution < 1.29 is 22.4 Å². The number of carbonyl (C=O) groups excluding carboxylic acids is 1. The highest BCUT2D eigenvalue weighted by Crippen LogP contribution is 2.30. The van der Waals surface area contributed by atoms with Gasteiger partial charge in [-0.3, -0.25) is 4.57 Å². The number of aryl methyl sites for hydroxylation is 1. The van der Waals surface area contributed by atoms with Crippen LogP contribution >= 0.6 is 11.3 Å². The highest BCUT2D eigenvalue weighted by molar-refractivity contribution is 7.09. The van der Waals surface area contributed by atoms with Crippen molar-refractivity contribution in [2.24, 2.45) is 4.99 Å². The lowest BCUT2D eigenvalue weighted by atomic mass is 10.2. The van der Waals surface area contributed by atoms with Crippen molar-refractivity contribution in [3.05, 3.63) is 45.7 Å². The van der Waals surface area contributed by atoms with E-state index in [1.54, 1.807) is 13.1 Å². The van der Waals surface area contributed by atoms with Crippen molar-refractivity contribution >= 4 is 17.4 Å². The molecule has 0 N–H and O–H groups in total. The maximum atomic E-state index is 13.2. The van der Waals surface area contributed by atoms with E-state index in [0.29, 0.717) is 0 Å². The predicted molar refractivity (Wildman–Crippen MR) is 85.4 cm³/mol. The Balaban J connectivity index is 1.99. The molecule has 3 rings (SSSR count). The van der Waals surface area contributed by atoms with Gasteiger partial charge in [0.2, 0.25) is 0 Å². The Kier molecular flexibility index (Phi) is 4.68. The number of aromatic nitrogens is 1. The number of likely N-dealkylation sites (tertiary alicyclic amines) is 1. The fraction of sp³-hybridized carbons (Fsp3) is 0.375. The van der Waals surface area contributed by atoms with Gasteiger partial charge >= 0.3 is 12.2 Å². The molecule has 25 heavy (non-hydrogen) atoms. The Labute approximate surface area is 145 Å². The van der Waals surface area contributed by atoms with Crippen molar-refractivity contribution in [1.82, 2.24) is 9.47 Å². The van der Waals surface area contributed by atoms with Crippen LogP contribution in [0.3, 0.4) is 0 Å². The largest absolute Gasteiger partial charge is 0.416 e. The quantitative estimate of drug-likeness (QED) is 0.698. The zero-order chi connectivity index (χ0) is 18.2. The first kappa shape index (κ1) is 17.7. The van der Waals surface area contributed by atoms with Crippen molar-refractivity contribution in [2.75, 3.05) is 13.1 Å². The molecule has 2 amide bonds. The highest BCUT2D eigenvalue weighted by atomic mass is 32.1. The van der Waals surface area contributed by atoms with Gasteiger partial charge in [-0.1, -0.05) is 6.07 Å².